The van der Waals surface area contributed by atoms with E-state index < -0.39 is 67.3 Å². The molecule has 2 aliphatic heterocycles. The molecule has 0 aromatic carbocycles. The highest BCUT2D eigenvalue weighted by Crippen LogP contribution is 2.36. The highest BCUT2D eigenvalue weighted by molar-refractivity contribution is 6.21. The number of hydrogen-bond donors (Lipinski definition) is 6. The molecule has 2 saturated heterocycles. The topological polar surface area (TPSA) is 149 Å². The molecule has 2 fully saturated rings. The highest BCUT2D eigenvalue weighted by Gasteiger charge is 2.58. The van der Waals surface area contributed by atoms with Gasteiger partial charge in [0.05, 0.1) is 17.9 Å². The summed E-state index contributed by atoms with van der Waals surface area (Å²) in [6, 6.07) is 0. The van der Waals surface area contributed by atoms with Crippen LogP contribution in [-0.4, -0.2) is 104 Å². The van der Waals surface area contributed by atoms with E-state index in [1.165, 1.54) is 0 Å². The van der Waals surface area contributed by atoms with Crippen LogP contribution in [0.15, 0.2) is 0 Å². The van der Waals surface area contributed by atoms with E-state index in [4.69, 9.17) is 37.4 Å². The van der Waals surface area contributed by atoms with Crippen molar-refractivity contribution < 1.29 is 44.8 Å². The summed E-state index contributed by atoms with van der Waals surface area (Å²) >= 11 is 11.4. The molecule has 2 rings (SSSR count). The van der Waals surface area contributed by atoms with Gasteiger partial charge in [0.25, 0.3) is 0 Å². The Kier molecular flexibility index (Phi) is 6.48. The van der Waals surface area contributed by atoms with Crippen LogP contribution >= 0.6 is 23.2 Å². The largest absolute Gasteiger partial charge is 0.394 e. The Morgan fingerprint density at radius 1 is 1.00 bits per heavy atom. The van der Waals surface area contributed by atoms with Gasteiger partial charge in [-0.15, -0.1) is 23.2 Å². The van der Waals surface area contributed by atoms with Crippen LogP contribution in [0.25, 0.3) is 0 Å². The Balaban J connectivity index is 2.18. The number of ether oxygens (including phenoxy) is 3. The molecule has 9 atom stereocenters. The van der Waals surface area contributed by atoms with E-state index in [1.54, 1.807) is 0 Å². The summed E-state index contributed by atoms with van der Waals surface area (Å²) in [7, 11) is 0. The molecule has 23 heavy (non-hydrogen) atoms. The number of aliphatic hydroxyl groups is 6. The Labute approximate surface area is 141 Å². The second kappa shape index (κ2) is 7.63. The molecule has 0 spiro atoms. The van der Waals surface area contributed by atoms with Crippen LogP contribution in [0.3, 0.4) is 0 Å². The average molecular weight is 379 g/mol. The highest BCUT2D eigenvalue weighted by atomic mass is 35.5. The molecule has 0 aromatic heterocycles. The van der Waals surface area contributed by atoms with Crippen molar-refractivity contribution in [1.29, 1.82) is 0 Å². The van der Waals surface area contributed by atoms with Crippen molar-refractivity contribution >= 4 is 23.2 Å². The zero-order valence-corrected chi connectivity index (χ0v) is 13.4. The minimum Gasteiger partial charge on any atom is -0.394 e. The zero-order valence-electron chi connectivity index (χ0n) is 11.9. The van der Waals surface area contributed by atoms with Gasteiger partial charge in [-0.25, -0.2) is 0 Å². The van der Waals surface area contributed by atoms with E-state index in [-0.39, 0.29) is 5.88 Å². The maximum Gasteiger partial charge on any atom is 0.224 e. The molecule has 0 saturated carbocycles. The van der Waals surface area contributed by atoms with Gasteiger partial charge in [-0.2, -0.15) is 0 Å². The Morgan fingerprint density at radius 3 is 2.13 bits per heavy atom. The molecule has 11 heteroatoms. The van der Waals surface area contributed by atoms with Crippen LogP contribution in [0.2, 0.25) is 0 Å². The van der Waals surface area contributed by atoms with Gasteiger partial charge in [-0.05, 0) is 0 Å². The van der Waals surface area contributed by atoms with E-state index in [0.717, 1.165) is 0 Å². The van der Waals surface area contributed by atoms with Crippen LogP contribution in [-0.2, 0) is 14.2 Å². The summed E-state index contributed by atoms with van der Waals surface area (Å²) in [4.78, 5) is 0. The number of aliphatic hydroxyl groups excluding tert-OH is 6. The maximum atomic E-state index is 10.1. The molecule has 2 aliphatic rings. The number of halogens is 2. The van der Waals surface area contributed by atoms with Gasteiger partial charge in [-0.1, -0.05) is 0 Å². The zero-order chi connectivity index (χ0) is 17.4. The fourth-order valence-electron chi connectivity index (χ4n) is 2.58. The minimum absolute atomic E-state index is 0.178. The Bertz CT molecular complexity index is 401. The molecule has 0 amide bonds. The van der Waals surface area contributed by atoms with E-state index >= 15 is 0 Å². The monoisotopic (exact) mass is 378 g/mol. The SMILES string of the molecule is OCC1O[C@@H](O[C@]2(CO)O[C@H](CCl)[C@H](O)C2O)C(O)[C@H](O)[C@H]1Cl. The lowest BCUT2D eigenvalue weighted by Gasteiger charge is -2.43. The lowest BCUT2D eigenvalue weighted by molar-refractivity contribution is -0.371. The van der Waals surface area contributed by atoms with Gasteiger partial charge in [0.1, 0.15) is 43.2 Å². The maximum absolute atomic E-state index is 10.1. The third-order valence-corrected chi connectivity index (χ3v) is 4.84. The molecule has 6 N–H and O–H groups in total. The van der Waals surface area contributed by atoms with Crippen LogP contribution in [0.5, 0.6) is 0 Å². The third-order valence-electron chi connectivity index (χ3n) is 3.99. The molecular formula is C12H20Cl2O9. The molecule has 0 aliphatic carbocycles. The Hall–Kier alpha value is 0.220. The molecule has 2 heterocycles. The first-order valence-electron chi connectivity index (χ1n) is 6.96. The first-order chi connectivity index (χ1) is 10.8. The van der Waals surface area contributed by atoms with Gasteiger partial charge in [0.15, 0.2) is 6.29 Å². The summed E-state index contributed by atoms with van der Waals surface area (Å²) in [5, 5.41) is 57.4. The van der Waals surface area contributed by atoms with E-state index in [1.807, 2.05) is 0 Å². The summed E-state index contributed by atoms with van der Waals surface area (Å²) in [5.74, 6) is -2.29. The fraction of sp³-hybridized carbons (Fsp3) is 1.00. The summed E-state index contributed by atoms with van der Waals surface area (Å²) in [5.41, 5.74) is 0. The fourth-order valence-corrected chi connectivity index (χ4v) is 3.12. The van der Waals surface area contributed by atoms with E-state index in [9.17, 15) is 30.6 Å². The number of alkyl halides is 2. The summed E-state index contributed by atoms with van der Waals surface area (Å²) in [6.45, 7) is -1.43. The number of hydrogen-bond acceptors (Lipinski definition) is 9. The van der Waals surface area contributed by atoms with Gasteiger partial charge in [0, 0.05) is 0 Å². The molecule has 0 bridgehead atoms. The van der Waals surface area contributed by atoms with Crippen molar-refractivity contribution in [2.75, 3.05) is 19.1 Å². The second-order valence-corrected chi connectivity index (χ2v) is 6.30. The van der Waals surface area contributed by atoms with Crippen LogP contribution in [0, 0.1) is 0 Å². The predicted octanol–water partition coefficient (Wildman–Crippen LogP) is -2.90. The third kappa shape index (κ3) is 3.46. The van der Waals surface area contributed by atoms with Crippen LogP contribution < -0.4 is 0 Å². The molecule has 136 valence electrons. The van der Waals surface area contributed by atoms with Crippen molar-refractivity contribution in [3.8, 4) is 0 Å². The van der Waals surface area contributed by atoms with Crippen molar-refractivity contribution in [2.45, 2.75) is 54.1 Å². The van der Waals surface area contributed by atoms with E-state index in [2.05, 4.69) is 0 Å². The number of rotatable bonds is 5. The van der Waals surface area contributed by atoms with Gasteiger partial charge in [-0.3, -0.25) is 0 Å². The van der Waals surface area contributed by atoms with Crippen LogP contribution in [0.1, 0.15) is 0 Å². The van der Waals surface area contributed by atoms with Gasteiger partial charge < -0.3 is 44.8 Å². The lowest BCUT2D eigenvalue weighted by Crippen LogP contribution is -2.61. The quantitative estimate of drug-likeness (QED) is 0.277. The standard InChI is InChI=1S/C12H20Cl2O9/c13-1-4-7(17)10(20)12(3-16,22-4)23-11-9(19)8(18)6(14)5(2-15)21-11/h4-11,15-20H,1-3H2/t4-,5?,6+,7+,8-,9?,10?,11+,12+/m1/s1. The van der Waals surface area contributed by atoms with Gasteiger partial charge in [0.2, 0.25) is 5.79 Å². The molecule has 0 radical (unpaired) electrons. The van der Waals surface area contributed by atoms with Crippen molar-refractivity contribution in [3.63, 3.8) is 0 Å². The van der Waals surface area contributed by atoms with Crippen molar-refractivity contribution in [1.82, 2.24) is 0 Å². The first kappa shape index (κ1) is 19.5. The smallest absolute Gasteiger partial charge is 0.224 e. The van der Waals surface area contributed by atoms with Crippen molar-refractivity contribution in [3.05, 3.63) is 0 Å². The molecule has 9 nitrogen and oxygen atoms in total. The van der Waals surface area contributed by atoms with Crippen LogP contribution in [0.4, 0.5) is 0 Å². The first-order valence-corrected chi connectivity index (χ1v) is 7.93. The predicted molar refractivity (Wildman–Crippen MR) is 75.9 cm³/mol. The molecule has 0 aromatic rings. The normalized spacial score (nSPS) is 51.1. The minimum atomic E-state index is -2.11. The molecule has 3 unspecified atom stereocenters. The average Bonchev–Trinajstić information content (AvgIpc) is 2.80. The summed E-state index contributed by atoms with van der Waals surface area (Å²) < 4.78 is 15.8. The summed E-state index contributed by atoms with van der Waals surface area (Å²) in [6.07, 6.45) is -9.87. The Morgan fingerprint density at radius 2 is 1.65 bits per heavy atom. The lowest BCUT2D eigenvalue weighted by atomic mass is 10.0. The van der Waals surface area contributed by atoms with E-state index in [0.29, 0.717) is 0 Å². The van der Waals surface area contributed by atoms with Crippen molar-refractivity contribution in [2.24, 2.45) is 0 Å². The second-order valence-electron chi connectivity index (χ2n) is 5.48. The van der Waals surface area contributed by atoms with Gasteiger partial charge >= 0.3 is 0 Å². The molecular weight excluding hydrogens is 359 g/mol.